The van der Waals surface area contributed by atoms with Gasteiger partial charge < -0.3 is 29.0 Å². The summed E-state index contributed by atoms with van der Waals surface area (Å²) in [6.07, 6.45) is 15.6. The van der Waals surface area contributed by atoms with E-state index in [0.717, 1.165) is 57.3 Å². The van der Waals surface area contributed by atoms with Gasteiger partial charge in [-0.3, -0.25) is 0 Å². The summed E-state index contributed by atoms with van der Waals surface area (Å²) in [4.78, 5) is 12.7. The Hall–Kier alpha value is -1.93. The molecule has 0 saturated carbocycles. The highest BCUT2D eigenvalue weighted by Crippen LogP contribution is 2.34. The van der Waals surface area contributed by atoms with E-state index in [0.29, 0.717) is 6.61 Å². The first-order valence-corrected chi connectivity index (χ1v) is 15.5. The molecule has 0 unspecified atom stereocenters. The molecule has 2 saturated heterocycles. The second-order valence-corrected chi connectivity index (χ2v) is 11.8. The highest BCUT2D eigenvalue weighted by atomic mass is 16.7. The van der Waals surface area contributed by atoms with Crippen LogP contribution in [0.1, 0.15) is 110 Å². The fourth-order valence-electron chi connectivity index (χ4n) is 5.65. The van der Waals surface area contributed by atoms with Crippen LogP contribution >= 0.6 is 0 Å². The van der Waals surface area contributed by atoms with Crippen LogP contribution in [-0.2, 0) is 30.3 Å². The molecule has 0 aromatic heterocycles. The molecule has 1 N–H and O–H groups in total. The molecule has 2 aliphatic rings. The molecule has 1 aromatic rings. The van der Waals surface area contributed by atoms with Crippen molar-refractivity contribution in [3.05, 3.63) is 48.6 Å². The van der Waals surface area contributed by atoms with Gasteiger partial charge in [0, 0.05) is 12.8 Å². The summed E-state index contributed by atoms with van der Waals surface area (Å²) in [6, 6.07) is 9.64. The third-order valence-corrected chi connectivity index (χ3v) is 8.07. The number of hydrogen-bond acceptors (Lipinski definition) is 6. The fourth-order valence-corrected chi connectivity index (χ4v) is 5.65. The van der Waals surface area contributed by atoms with Crippen LogP contribution in [0.2, 0.25) is 0 Å². The predicted octanol–water partition coefficient (Wildman–Crippen LogP) is 7.82. The molecular formula is C33H53NO6. The van der Waals surface area contributed by atoms with E-state index in [1.54, 1.807) is 6.08 Å². The molecule has 226 valence electrons. The van der Waals surface area contributed by atoms with Crippen LogP contribution in [0.5, 0.6) is 0 Å². The molecule has 0 aliphatic carbocycles. The van der Waals surface area contributed by atoms with Crippen molar-refractivity contribution in [2.75, 3.05) is 19.8 Å². The van der Waals surface area contributed by atoms with E-state index >= 15 is 0 Å². The summed E-state index contributed by atoms with van der Waals surface area (Å²) in [7, 11) is 0. The highest BCUT2D eigenvalue weighted by Gasteiger charge is 2.47. The van der Waals surface area contributed by atoms with Crippen molar-refractivity contribution in [3.63, 3.8) is 0 Å². The molecule has 1 aromatic carbocycles. The number of amides is 1. The van der Waals surface area contributed by atoms with E-state index in [-0.39, 0.29) is 18.5 Å². The van der Waals surface area contributed by atoms with Gasteiger partial charge >= 0.3 is 6.09 Å². The van der Waals surface area contributed by atoms with Crippen molar-refractivity contribution in [3.8, 4) is 0 Å². The molecule has 0 bridgehead atoms. The van der Waals surface area contributed by atoms with Crippen LogP contribution in [0.3, 0.4) is 0 Å². The number of benzene rings is 1. The quantitative estimate of drug-likeness (QED) is 0.146. The Bertz CT molecular complexity index is 869. The van der Waals surface area contributed by atoms with Gasteiger partial charge in [0.25, 0.3) is 0 Å². The average molecular weight is 560 g/mol. The number of alkyl carbamates (subject to hydrolysis) is 1. The largest absolute Gasteiger partial charge is 0.445 e. The normalized spacial score (nSPS) is 23.5. The van der Waals surface area contributed by atoms with Crippen LogP contribution in [0.4, 0.5) is 4.79 Å². The molecule has 2 atom stereocenters. The van der Waals surface area contributed by atoms with E-state index < -0.39 is 17.4 Å². The summed E-state index contributed by atoms with van der Waals surface area (Å²) in [5.41, 5.74) is 0.0975. The molecule has 2 heterocycles. The lowest BCUT2D eigenvalue weighted by Gasteiger charge is -2.48. The second-order valence-electron chi connectivity index (χ2n) is 11.8. The van der Waals surface area contributed by atoms with E-state index in [4.69, 9.17) is 23.7 Å². The topological polar surface area (TPSA) is 75.3 Å². The Morgan fingerprint density at radius 3 is 2.23 bits per heavy atom. The van der Waals surface area contributed by atoms with Crippen molar-refractivity contribution in [2.45, 2.75) is 134 Å². The van der Waals surface area contributed by atoms with Crippen LogP contribution in [0.15, 0.2) is 43.0 Å². The predicted molar refractivity (Wildman–Crippen MR) is 158 cm³/mol. The van der Waals surface area contributed by atoms with Crippen molar-refractivity contribution in [1.82, 2.24) is 5.32 Å². The van der Waals surface area contributed by atoms with Gasteiger partial charge in [-0.1, -0.05) is 94.7 Å². The van der Waals surface area contributed by atoms with E-state index in [1.165, 1.54) is 44.9 Å². The maximum Gasteiger partial charge on any atom is 0.408 e. The maximum atomic E-state index is 12.7. The zero-order valence-electron chi connectivity index (χ0n) is 25.2. The van der Waals surface area contributed by atoms with E-state index in [1.807, 2.05) is 44.2 Å². The maximum absolute atomic E-state index is 12.7. The van der Waals surface area contributed by atoms with Gasteiger partial charge in [0.05, 0.1) is 25.9 Å². The van der Waals surface area contributed by atoms with Crippen molar-refractivity contribution in [1.29, 1.82) is 0 Å². The number of carbonyl (C=O) groups is 1. The molecule has 1 amide bonds. The molecule has 3 rings (SSSR count). The molecule has 0 radical (unpaired) electrons. The Kier molecular flexibility index (Phi) is 13.4. The van der Waals surface area contributed by atoms with Crippen LogP contribution in [0, 0.1) is 0 Å². The standard InChI is InChI=1S/C33H53NO6/c1-5-7-8-17-22-33(37-24-25-38-33)23-18-12-10-9-11-16-21-29-32(6-2,27-39-31(3,4)40-29)34-30(35)36-26-28-19-14-13-15-20-28/h6,13-15,19-20,29H,2,5,7-12,16-18,21-27H2,1,3-4H3,(H,34,35)/t29-,32+/m1/s1. The lowest BCUT2D eigenvalue weighted by atomic mass is 9.87. The minimum absolute atomic E-state index is 0.204. The molecular weight excluding hydrogens is 506 g/mol. The first kappa shape index (κ1) is 32.6. The second kappa shape index (κ2) is 16.5. The Labute approximate surface area is 242 Å². The van der Waals surface area contributed by atoms with Crippen molar-refractivity contribution in [2.24, 2.45) is 0 Å². The SMILES string of the molecule is C=C[C@]1(NC(=O)OCc2ccccc2)COC(C)(C)O[C@@H]1CCCCCCCCC1(CCCCCC)OCCO1. The van der Waals surface area contributed by atoms with Gasteiger partial charge in [0.2, 0.25) is 0 Å². The van der Waals surface area contributed by atoms with Crippen molar-refractivity contribution >= 4 is 6.09 Å². The summed E-state index contributed by atoms with van der Waals surface area (Å²) in [5.74, 6) is -1.05. The summed E-state index contributed by atoms with van der Waals surface area (Å²) < 4.78 is 29.8. The Morgan fingerprint density at radius 1 is 0.950 bits per heavy atom. The summed E-state index contributed by atoms with van der Waals surface area (Å²) in [6.45, 7) is 12.0. The molecule has 7 heteroatoms. The molecule has 0 spiro atoms. The van der Waals surface area contributed by atoms with Gasteiger partial charge in [-0.25, -0.2) is 4.79 Å². The average Bonchev–Trinajstić information content (AvgIpc) is 3.42. The minimum Gasteiger partial charge on any atom is -0.445 e. The summed E-state index contributed by atoms with van der Waals surface area (Å²) in [5, 5.41) is 3.01. The molecule has 40 heavy (non-hydrogen) atoms. The number of nitrogens with one attached hydrogen (secondary N) is 1. The van der Waals surface area contributed by atoms with Gasteiger partial charge in [0.15, 0.2) is 11.6 Å². The van der Waals surface area contributed by atoms with E-state index in [2.05, 4.69) is 18.8 Å². The Balaban J connectivity index is 1.38. The number of hydrogen-bond donors (Lipinski definition) is 1. The van der Waals surface area contributed by atoms with Crippen LogP contribution in [0.25, 0.3) is 0 Å². The van der Waals surface area contributed by atoms with E-state index in [9.17, 15) is 4.79 Å². The zero-order chi connectivity index (χ0) is 28.7. The van der Waals surface area contributed by atoms with Gasteiger partial charge in [-0.15, -0.1) is 6.58 Å². The Morgan fingerprint density at radius 2 is 1.57 bits per heavy atom. The lowest BCUT2D eigenvalue weighted by Crippen LogP contribution is -2.65. The van der Waals surface area contributed by atoms with Gasteiger partial charge in [-0.05, 0) is 38.7 Å². The van der Waals surface area contributed by atoms with Gasteiger partial charge in [-0.2, -0.15) is 0 Å². The number of unbranched alkanes of at least 4 members (excludes halogenated alkanes) is 8. The monoisotopic (exact) mass is 559 g/mol. The van der Waals surface area contributed by atoms with Crippen LogP contribution < -0.4 is 5.32 Å². The highest BCUT2D eigenvalue weighted by molar-refractivity contribution is 5.69. The lowest BCUT2D eigenvalue weighted by molar-refractivity contribution is -0.295. The molecule has 2 aliphatic heterocycles. The first-order valence-electron chi connectivity index (χ1n) is 15.5. The van der Waals surface area contributed by atoms with Crippen molar-refractivity contribution < 1.29 is 28.5 Å². The molecule has 2 fully saturated rings. The zero-order valence-corrected chi connectivity index (χ0v) is 25.2. The number of carbonyl (C=O) groups excluding carboxylic acids is 1. The third kappa shape index (κ3) is 10.5. The number of rotatable bonds is 18. The fraction of sp³-hybridized carbons (Fsp3) is 0.727. The smallest absolute Gasteiger partial charge is 0.408 e. The van der Waals surface area contributed by atoms with Crippen LogP contribution in [-0.4, -0.2) is 49.1 Å². The number of ether oxygens (including phenoxy) is 5. The molecule has 7 nitrogen and oxygen atoms in total. The van der Waals surface area contributed by atoms with Gasteiger partial charge in [0.1, 0.15) is 12.1 Å². The minimum atomic E-state index is -0.837. The first-order chi connectivity index (χ1) is 19.3. The third-order valence-electron chi connectivity index (χ3n) is 8.07. The summed E-state index contributed by atoms with van der Waals surface area (Å²) >= 11 is 0.